The molecule has 0 spiro atoms. The molecule has 1 saturated heterocycles. The van der Waals surface area contributed by atoms with Crippen LogP contribution in [0, 0.1) is 5.41 Å². The lowest BCUT2D eigenvalue weighted by atomic mass is 10.2. The average Bonchev–Trinajstić information content (AvgIpc) is 2.04. The van der Waals surface area contributed by atoms with E-state index in [9.17, 15) is 0 Å². The smallest absolute Gasteiger partial charge is 0.128 e. The zero-order valence-electron chi connectivity index (χ0n) is 7.15. The molecule has 1 atom stereocenters. The molecule has 1 aliphatic rings. The second kappa shape index (κ2) is 5.78. The van der Waals surface area contributed by atoms with Crippen molar-refractivity contribution in [3.05, 3.63) is 10.7 Å². The molecule has 0 aromatic heterocycles. The van der Waals surface area contributed by atoms with E-state index in [0.717, 1.165) is 24.1 Å². The summed E-state index contributed by atoms with van der Waals surface area (Å²) in [4.78, 5) is 0. The van der Waals surface area contributed by atoms with Gasteiger partial charge in [0.25, 0.3) is 0 Å². The van der Waals surface area contributed by atoms with Gasteiger partial charge in [-0.15, -0.1) is 0 Å². The molecule has 5 heteroatoms. The number of allylic oxidation sites excluding steroid dienone is 1. The molecule has 1 fully saturated rings. The third-order valence-corrected chi connectivity index (χ3v) is 2.42. The van der Waals surface area contributed by atoms with Gasteiger partial charge in [-0.3, -0.25) is 5.41 Å². The van der Waals surface area contributed by atoms with Gasteiger partial charge in [0.15, 0.2) is 0 Å². The van der Waals surface area contributed by atoms with E-state index >= 15 is 0 Å². The van der Waals surface area contributed by atoms with Crippen molar-refractivity contribution in [2.24, 2.45) is 0 Å². The maximum atomic E-state index is 7.17. The van der Waals surface area contributed by atoms with E-state index in [1.807, 2.05) is 0 Å². The molecular formula is C8H12Br2N2O. The van der Waals surface area contributed by atoms with Crippen molar-refractivity contribution >= 4 is 36.5 Å². The molecule has 1 rings (SSSR count). The van der Waals surface area contributed by atoms with Gasteiger partial charge in [0.1, 0.15) is 6.23 Å². The molecule has 74 valence electrons. The Morgan fingerprint density at radius 3 is 2.77 bits per heavy atom. The maximum Gasteiger partial charge on any atom is 0.128 e. The SMILES string of the molecule is N=C(Br)/C=C(/Br)NC1CCCCO1. The number of halogens is 2. The van der Waals surface area contributed by atoms with Gasteiger partial charge in [-0.05, 0) is 51.1 Å². The highest BCUT2D eigenvalue weighted by Crippen LogP contribution is 2.13. The summed E-state index contributed by atoms with van der Waals surface area (Å²) in [6.07, 6.45) is 5.11. The minimum atomic E-state index is 0.0891. The Morgan fingerprint density at radius 2 is 2.23 bits per heavy atom. The zero-order chi connectivity index (χ0) is 9.68. The van der Waals surface area contributed by atoms with Crippen LogP contribution < -0.4 is 5.32 Å². The summed E-state index contributed by atoms with van der Waals surface area (Å²) in [5.74, 6) is 0. The summed E-state index contributed by atoms with van der Waals surface area (Å²) in [6.45, 7) is 0.823. The number of rotatable bonds is 3. The van der Waals surface area contributed by atoms with Crippen LogP contribution in [-0.4, -0.2) is 17.5 Å². The van der Waals surface area contributed by atoms with E-state index in [1.165, 1.54) is 6.42 Å². The molecule has 3 nitrogen and oxygen atoms in total. The first-order valence-electron chi connectivity index (χ1n) is 4.18. The van der Waals surface area contributed by atoms with Crippen LogP contribution in [0.2, 0.25) is 0 Å². The first-order valence-corrected chi connectivity index (χ1v) is 5.76. The second-order valence-electron chi connectivity index (χ2n) is 2.84. The Hall–Kier alpha value is 0.130. The molecule has 13 heavy (non-hydrogen) atoms. The molecule has 1 heterocycles. The van der Waals surface area contributed by atoms with E-state index in [2.05, 4.69) is 37.2 Å². The van der Waals surface area contributed by atoms with Gasteiger partial charge in [-0.25, -0.2) is 0 Å². The van der Waals surface area contributed by atoms with Gasteiger partial charge in [-0.1, -0.05) is 0 Å². The largest absolute Gasteiger partial charge is 0.359 e. The summed E-state index contributed by atoms with van der Waals surface area (Å²) in [7, 11) is 0. The van der Waals surface area contributed by atoms with E-state index in [4.69, 9.17) is 10.1 Å². The highest BCUT2D eigenvalue weighted by Gasteiger charge is 2.13. The summed E-state index contributed by atoms with van der Waals surface area (Å²) in [5, 5.41) is 10.3. The van der Waals surface area contributed by atoms with Crippen molar-refractivity contribution in [3.8, 4) is 0 Å². The van der Waals surface area contributed by atoms with Crippen LogP contribution >= 0.6 is 31.9 Å². The Morgan fingerprint density at radius 1 is 1.46 bits per heavy atom. The van der Waals surface area contributed by atoms with Crippen molar-refractivity contribution in [2.75, 3.05) is 6.61 Å². The van der Waals surface area contributed by atoms with Gasteiger partial charge in [-0.2, -0.15) is 0 Å². The third kappa shape index (κ3) is 4.78. The summed E-state index contributed by atoms with van der Waals surface area (Å²) in [5.41, 5.74) is 0. The standard InChI is InChI=1S/C8H12Br2N2O/c9-6(11)5-7(10)12-8-3-1-2-4-13-8/h5,8,11-12H,1-4H2/b7-5-,11-6?. The molecule has 1 unspecified atom stereocenters. The van der Waals surface area contributed by atoms with Crippen molar-refractivity contribution < 1.29 is 4.74 Å². The highest BCUT2D eigenvalue weighted by molar-refractivity contribution is 9.18. The van der Waals surface area contributed by atoms with Crippen molar-refractivity contribution in [1.82, 2.24) is 5.32 Å². The van der Waals surface area contributed by atoms with E-state index in [0.29, 0.717) is 4.62 Å². The third-order valence-electron chi connectivity index (χ3n) is 1.73. The fourth-order valence-electron chi connectivity index (χ4n) is 1.16. The van der Waals surface area contributed by atoms with Crippen LogP contribution in [0.3, 0.4) is 0 Å². The van der Waals surface area contributed by atoms with E-state index < -0.39 is 0 Å². The van der Waals surface area contributed by atoms with Crippen LogP contribution in [0.4, 0.5) is 0 Å². The normalized spacial score (nSPS) is 24.2. The number of hydrogen-bond donors (Lipinski definition) is 2. The van der Waals surface area contributed by atoms with Gasteiger partial charge in [0, 0.05) is 12.7 Å². The van der Waals surface area contributed by atoms with Crippen LogP contribution in [0.1, 0.15) is 19.3 Å². The predicted molar refractivity (Wildman–Crippen MR) is 60.4 cm³/mol. The molecule has 0 aromatic rings. The predicted octanol–water partition coefficient (Wildman–Crippen LogP) is 2.71. The van der Waals surface area contributed by atoms with Gasteiger partial charge in [0.05, 0.1) is 9.23 Å². The van der Waals surface area contributed by atoms with Crippen molar-refractivity contribution in [2.45, 2.75) is 25.5 Å². The number of nitrogens with one attached hydrogen (secondary N) is 2. The molecule has 0 bridgehead atoms. The van der Waals surface area contributed by atoms with Crippen LogP contribution in [0.15, 0.2) is 10.7 Å². The lowest BCUT2D eigenvalue weighted by Crippen LogP contribution is -2.32. The quantitative estimate of drug-likeness (QED) is 0.622. The molecule has 0 amide bonds. The zero-order valence-corrected chi connectivity index (χ0v) is 10.3. The van der Waals surface area contributed by atoms with E-state index in [-0.39, 0.29) is 6.23 Å². The van der Waals surface area contributed by atoms with E-state index in [1.54, 1.807) is 6.08 Å². The summed E-state index contributed by atoms with van der Waals surface area (Å²) < 4.78 is 6.58. The van der Waals surface area contributed by atoms with Gasteiger partial charge < -0.3 is 10.1 Å². The van der Waals surface area contributed by atoms with Gasteiger partial charge in [0.2, 0.25) is 0 Å². The van der Waals surface area contributed by atoms with Crippen LogP contribution in [0.5, 0.6) is 0 Å². The molecule has 0 saturated carbocycles. The number of ether oxygens (including phenoxy) is 1. The fourth-order valence-corrected chi connectivity index (χ4v) is 2.18. The molecule has 0 aromatic carbocycles. The monoisotopic (exact) mass is 310 g/mol. The van der Waals surface area contributed by atoms with Crippen molar-refractivity contribution in [1.29, 1.82) is 5.41 Å². The first kappa shape index (κ1) is 11.2. The van der Waals surface area contributed by atoms with Crippen molar-refractivity contribution in [3.63, 3.8) is 0 Å². The molecule has 0 aliphatic carbocycles. The van der Waals surface area contributed by atoms with Crippen LogP contribution in [0.25, 0.3) is 0 Å². The van der Waals surface area contributed by atoms with Crippen LogP contribution in [-0.2, 0) is 4.74 Å². The Bertz CT molecular complexity index is 212. The number of hydrogen-bond acceptors (Lipinski definition) is 3. The summed E-state index contributed by atoms with van der Waals surface area (Å²) in [6, 6.07) is 0. The second-order valence-corrected chi connectivity index (χ2v) is 4.55. The Labute approximate surface area is 94.7 Å². The fraction of sp³-hybridized carbons (Fsp3) is 0.625. The minimum Gasteiger partial charge on any atom is -0.359 e. The Balaban J connectivity index is 2.33. The maximum absolute atomic E-state index is 7.17. The lowest BCUT2D eigenvalue weighted by Gasteiger charge is -2.23. The average molecular weight is 312 g/mol. The minimum absolute atomic E-state index is 0.0891. The Kier molecular flexibility index (Phi) is 4.98. The lowest BCUT2D eigenvalue weighted by molar-refractivity contribution is 0.00284. The molecular weight excluding hydrogens is 300 g/mol. The molecule has 2 N–H and O–H groups in total. The summed E-state index contributed by atoms with van der Waals surface area (Å²) >= 11 is 6.35. The molecule has 0 radical (unpaired) electrons. The highest BCUT2D eigenvalue weighted by atomic mass is 79.9. The molecule has 1 aliphatic heterocycles. The van der Waals surface area contributed by atoms with Gasteiger partial charge >= 0.3 is 0 Å². The topological polar surface area (TPSA) is 45.1 Å². The first-order chi connectivity index (χ1) is 6.18.